The van der Waals surface area contributed by atoms with E-state index >= 15 is 0 Å². The standard InChI is InChI=1S/C18H18INO5/c19-13-8-9-15(22)14(11-13)16(7-4-10-21)25-18(24)20-17(23)12-5-2-1-3-6-12/h1-3,5-6,8-9,11,16,21-22H,4,7,10H2,(H,20,23,24)/t16-/m1/s1. The molecule has 0 spiro atoms. The molecule has 3 N–H and O–H groups in total. The second-order valence-electron chi connectivity index (χ2n) is 5.28. The lowest BCUT2D eigenvalue weighted by Crippen LogP contribution is -2.32. The Morgan fingerprint density at radius 1 is 1.16 bits per heavy atom. The van der Waals surface area contributed by atoms with Gasteiger partial charge >= 0.3 is 6.09 Å². The molecule has 0 radical (unpaired) electrons. The van der Waals surface area contributed by atoms with E-state index in [-0.39, 0.29) is 12.4 Å². The first-order valence-corrected chi connectivity index (χ1v) is 8.75. The van der Waals surface area contributed by atoms with Gasteiger partial charge in [0, 0.05) is 21.3 Å². The number of rotatable bonds is 6. The van der Waals surface area contributed by atoms with Crippen molar-refractivity contribution in [2.45, 2.75) is 18.9 Å². The second-order valence-corrected chi connectivity index (χ2v) is 6.53. The highest BCUT2D eigenvalue weighted by Crippen LogP contribution is 2.31. The first-order chi connectivity index (χ1) is 12.0. The summed E-state index contributed by atoms with van der Waals surface area (Å²) in [5, 5.41) is 21.2. The number of nitrogens with one attached hydrogen (secondary N) is 1. The first kappa shape index (κ1) is 19.2. The molecule has 132 valence electrons. The molecule has 6 nitrogen and oxygen atoms in total. The van der Waals surface area contributed by atoms with E-state index in [0.29, 0.717) is 24.0 Å². The van der Waals surface area contributed by atoms with Gasteiger partial charge in [0.15, 0.2) is 0 Å². The lowest BCUT2D eigenvalue weighted by molar-refractivity contribution is 0.0763. The Bertz CT molecular complexity index is 736. The van der Waals surface area contributed by atoms with E-state index in [9.17, 15) is 14.7 Å². The van der Waals surface area contributed by atoms with Crippen molar-refractivity contribution >= 4 is 34.6 Å². The van der Waals surface area contributed by atoms with Crippen LogP contribution < -0.4 is 5.32 Å². The summed E-state index contributed by atoms with van der Waals surface area (Å²) in [5.41, 5.74) is 0.770. The molecule has 7 heteroatoms. The third-order valence-corrected chi connectivity index (χ3v) is 4.13. The quantitative estimate of drug-likeness (QED) is 0.581. The lowest BCUT2D eigenvalue weighted by Gasteiger charge is -2.19. The molecule has 0 unspecified atom stereocenters. The first-order valence-electron chi connectivity index (χ1n) is 7.67. The molecule has 0 heterocycles. The minimum atomic E-state index is -0.907. The van der Waals surface area contributed by atoms with Crippen LogP contribution in [0.4, 0.5) is 4.79 Å². The molecule has 2 aromatic rings. The summed E-state index contributed by atoms with van der Waals surface area (Å²) in [4.78, 5) is 24.1. The topological polar surface area (TPSA) is 95.9 Å². The molecule has 0 aromatic heterocycles. The molecule has 25 heavy (non-hydrogen) atoms. The number of aliphatic hydroxyl groups is 1. The van der Waals surface area contributed by atoms with Crippen LogP contribution in [0.1, 0.15) is 34.9 Å². The van der Waals surface area contributed by atoms with E-state index in [4.69, 9.17) is 9.84 Å². The lowest BCUT2D eigenvalue weighted by atomic mass is 10.0. The van der Waals surface area contributed by atoms with Crippen LogP contribution in [0.3, 0.4) is 0 Å². The number of ether oxygens (including phenoxy) is 1. The van der Waals surface area contributed by atoms with E-state index in [0.717, 1.165) is 3.57 Å². The predicted molar refractivity (Wildman–Crippen MR) is 100 cm³/mol. The minimum Gasteiger partial charge on any atom is -0.508 e. The Hall–Kier alpha value is -2.13. The van der Waals surface area contributed by atoms with Gasteiger partial charge < -0.3 is 14.9 Å². The number of carbonyl (C=O) groups excluding carboxylic acids is 2. The van der Waals surface area contributed by atoms with Crippen molar-refractivity contribution in [3.8, 4) is 5.75 Å². The van der Waals surface area contributed by atoms with Gasteiger partial charge in [0.2, 0.25) is 0 Å². The number of imide groups is 1. The fourth-order valence-corrected chi connectivity index (χ4v) is 2.77. The molecule has 0 saturated heterocycles. The smallest absolute Gasteiger partial charge is 0.414 e. The van der Waals surface area contributed by atoms with Gasteiger partial charge in [-0.2, -0.15) is 0 Å². The van der Waals surface area contributed by atoms with Crippen LogP contribution in [0.2, 0.25) is 0 Å². The van der Waals surface area contributed by atoms with Crippen LogP contribution in [0.15, 0.2) is 48.5 Å². The summed E-state index contributed by atoms with van der Waals surface area (Å²) < 4.78 is 6.19. The van der Waals surface area contributed by atoms with E-state index in [1.165, 1.54) is 6.07 Å². The molecule has 0 fully saturated rings. The van der Waals surface area contributed by atoms with Crippen molar-refractivity contribution in [2.75, 3.05) is 6.61 Å². The number of phenols is 1. The third-order valence-electron chi connectivity index (χ3n) is 3.46. The van der Waals surface area contributed by atoms with Gasteiger partial charge in [0.05, 0.1) is 0 Å². The number of alkyl carbamates (subject to hydrolysis) is 1. The van der Waals surface area contributed by atoms with Gasteiger partial charge in [-0.25, -0.2) is 4.79 Å². The predicted octanol–water partition coefficient (Wildman–Crippen LogP) is 3.38. The molecule has 2 rings (SSSR count). The Morgan fingerprint density at radius 3 is 2.56 bits per heavy atom. The zero-order valence-corrected chi connectivity index (χ0v) is 15.5. The fourth-order valence-electron chi connectivity index (χ4n) is 2.25. The maximum Gasteiger partial charge on any atom is 0.414 e. The minimum absolute atomic E-state index is 0.00876. The maximum absolute atomic E-state index is 12.1. The Kier molecular flexibility index (Phi) is 7.20. The Balaban J connectivity index is 2.09. The van der Waals surface area contributed by atoms with Gasteiger partial charge in [0.1, 0.15) is 11.9 Å². The van der Waals surface area contributed by atoms with Crippen LogP contribution in [-0.2, 0) is 4.74 Å². The summed E-state index contributed by atoms with van der Waals surface area (Å²) in [6.07, 6.45) is -0.979. The zero-order valence-electron chi connectivity index (χ0n) is 13.3. The van der Waals surface area contributed by atoms with Crippen LogP contribution in [0, 0.1) is 3.57 Å². The summed E-state index contributed by atoms with van der Waals surface area (Å²) in [7, 11) is 0. The van der Waals surface area contributed by atoms with Gasteiger partial charge in [-0.05, 0) is 65.8 Å². The highest BCUT2D eigenvalue weighted by atomic mass is 127. The second kappa shape index (κ2) is 9.38. The third kappa shape index (κ3) is 5.71. The number of halogens is 1. The summed E-state index contributed by atoms with van der Waals surface area (Å²) in [5.74, 6) is -0.580. The highest BCUT2D eigenvalue weighted by molar-refractivity contribution is 14.1. The number of phenolic OH excluding ortho intramolecular Hbond substituents is 1. The summed E-state index contributed by atoms with van der Waals surface area (Å²) in [6, 6.07) is 13.2. The monoisotopic (exact) mass is 455 g/mol. The summed E-state index contributed by atoms with van der Waals surface area (Å²) >= 11 is 2.08. The van der Waals surface area contributed by atoms with Crippen molar-refractivity contribution in [1.29, 1.82) is 0 Å². The van der Waals surface area contributed by atoms with Crippen molar-refractivity contribution in [3.63, 3.8) is 0 Å². The fraction of sp³-hybridized carbons (Fsp3) is 0.222. The van der Waals surface area contributed by atoms with Crippen LogP contribution in [0.25, 0.3) is 0 Å². The normalized spacial score (nSPS) is 11.6. The average molecular weight is 455 g/mol. The van der Waals surface area contributed by atoms with Gasteiger partial charge in [-0.15, -0.1) is 0 Å². The zero-order chi connectivity index (χ0) is 18.2. The van der Waals surface area contributed by atoms with Crippen molar-refractivity contribution in [2.24, 2.45) is 0 Å². The molecule has 2 amide bonds. The SMILES string of the molecule is O=C(NC(=O)c1ccccc1)O[C@H](CCCO)c1cc(I)ccc1O. The molecule has 0 bridgehead atoms. The maximum atomic E-state index is 12.1. The van der Waals surface area contributed by atoms with Gasteiger partial charge in [-0.1, -0.05) is 18.2 Å². The molecule has 0 aliphatic rings. The van der Waals surface area contributed by atoms with Crippen molar-refractivity contribution < 1.29 is 24.5 Å². The Labute approximate surface area is 159 Å². The van der Waals surface area contributed by atoms with Crippen molar-refractivity contribution in [3.05, 3.63) is 63.2 Å². The number of hydrogen-bond donors (Lipinski definition) is 3. The molecule has 2 aromatic carbocycles. The number of amides is 2. The van der Waals surface area contributed by atoms with E-state index in [2.05, 4.69) is 27.9 Å². The Morgan fingerprint density at radius 2 is 1.88 bits per heavy atom. The van der Waals surface area contributed by atoms with E-state index in [1.807, 2.05) is 0 Å². The van der Waals surface area contributed by atoms with Gasteiger partial charge in [0.25, 0.3) is 5.91 Å². The molecule has 0 aliphatic heterocycles. The summed E-state index contributed by atoms with van der Waals surface area (Å²) in [6.45, 7) is -0.0743. The number of hydrogen-bond acceptors (Lipinski definition) is 5. The highest BCUT2D eigenvalue weighted by Gasteiger charge is 2.21. The largest absolute Gasteiger partial charge is 0.508 e. The molecule has 0 saturated carbocycles. The number of aliphatic hydroxyl groups excluding tert-OH is 1. The number of benzene rings is 2. The van der Waals surface area contributed by atoms with Crippen LogP contribution >= 0.6 is 22.6 Å². The van der Waals surface area contributed by atoms with Gasteiger partial charge in [-0.3, -0.25) is 10.1 Å². The molecular weight excluding hydrogens is 437 g/mol. The number of carbonyl (C=O) groups is 2. The van der Waals surface area contributed by atoms with Crippen molar-refractivity contribution in [1.82, 2.24) is 5.32 Å². The van der Waals surface area contributed by atoms with E-state index in [1.54, 1.807) is 42.5 Å². The average Bonchev–Trinajstić information content (AvgIpc) is 2.61. The molecular formula is C18H18INO5. The molecule has 0 aliphatic carbocycles. The number of aromatic hydroxyl groups is 1. The van der Waals surface area contributed by atoms with E-state index < -0.39 is 18.1 Å². The van der Waals surface area contributed by atoms with Crippen LogP contribution in [-0.4, -0.2) is 28.8 Å². The molecule has 1 atom stereocenters. The van der Waals surface area contributed by atoms with Crippen LogP contribution in [0.5, 0.6) is 5.75 Å².